The van der Waals surface area contributed by atoms with Crippen molar-refractivity contribution < 1.29 is 14.3 Å². The first-order valence-corrected chi connectivity index (χ1v) is 5.70. The summed E-state index contributed by atoms with van der Waals surface area (Å²) < 4.78 is 12.8. The molecule has 1 aliphatic carbocycles. The van der Waals surface area contributed by atoms with Crippen molar-refractivity contribution in [1.82, 2.24) is 0 Å². The van der Waals surface area contributed by atoms with Crippen LogP contribution in [0.5, 0.6) is 0 Å². The third kappa shape index (κ3) is 2.20. The zero-order valence-electron chi connectivity index (χ0n) is 9.34. The maximum absolute atomic E-state index is 12.8. The van der Waals surface area contributed by atoms with Crippen LogP contribution in [-0.4, -0.2) is 17.8 Å². The Hall–Kier alpha value is -1.35. The maximum atomic E-state index is 12.8. The van der Waals surface area contributed by atoms with Crippen LogP contribution in [0.4, 0.5) is 4.39 Å². The number of carboxylic acids is 1. The molecule has 0 saturated heterocycles. The summed E-state index contributed by atoms with van der Waals surface area (Å²) in [7, 11) is 0. The number of aryl methyl sites for hydroxylation is 1. The van der Waals surface area contributed by atoms with Crippen LogP contribution in [0.2, 0.25) is 5.02 Å². The van der Waals surface area contributed by atoms with Gasteiger partial charge < -0.3 is 5.11 Å². The fraction of sp³-hybridized carbons (Fsp3) is 0.308. The van der Waals surface area contributed by atoms with Gasteiger partial charge in [-0.25, -0.2) is 4.79 Å². The Bertz CT molecular complexity index is 508. The van der Waals surface area contributed by atoms with Crippen LogP contribution >= 0.6 is 11.6 Å². The summed E-state index contributed by atoms with van der Waals surface area (Å²) in [6.45, 7) is 1.21. The lowest BCUT2D eigenvalue weighted by Gasteiger charge is -2.22. The van der Waals surface area contributed by atoms with Gasteiger partial charge >= 0.3 is 5.97 Å². The van der Waals surface area contributed by atoms with Crippen molar-refractivity contribution in [3.63, 3.8) is 0 Å². The minimum Gasteiger partial charge on any atom is -0.478 e. The monoisotopic (exact) mass is 254 g/mol. The molecule has 1 N–H and O–H groups in total. The number of hydrogen-bond acceptors (Lipinski definition) is 1. The number of aliphatic carboxylic acids is 1. The van der Waals surface area contributed by atoms with E-state index in [1.54, 1.807) is 0 Å². The molecule has 1 aromatic rings. The highest BCUT2D eigenvalue weighted by atomic mass is 35.5. The molecule has 2 rings (SSSR count). The topological polar surface area (TPSA) is 37.3 Å². The first-order chi connectivity index (χ1) is 8.02. The quantitative estimate of drug-likeness (QED) is 0.880. The molecule has 0 radical (unpaired) electrons. The van der Waals surface area contributed by atoms with E-state index in [1.165, 1.54) is 6.08 Å². The number of alkyl halides is 1. The van der Waals surface area contributed by atoms with E-state index in [4.69, 9.17) is 16.7 Å². The van der Waals surface area contributed by atoms with Gasteiger partial charge in [0.25, 0.3) is 0 Å². The van der Waals surface area contributed by atoms with Gasteiger partial charge in [0.1, 0.15) is 0 Å². The van der Waals surface area contributed by atoms with Crippen LogP contribution in [0.15, 0.2) is 17.7 Å². The number of fused-ring (bicyclic) bond motifs is 1. The lowest BCUT2D eigenvalue weighted by Crippen LogP contribution is -2.21. The largest absolute Gasteiger partial charge is 0.478 e. The van der Waals surface area contributed by atoms with Crippen LogP contribution < -0.4 is 0 Å². The van der Waals surface area contributed by atoms with Gasteiger partial charge in [-0.05, 0) is 42.2 Å². The molecule has 0 fully saturated rings. The summed E-state index contributed by atoms with van der Waals surface area (Å²) in [6.07, 6.45) is 1.88. The first-order valence-electron chi connectivity index (χ1n) is 5.32. The van der Waals surface area contributed by atoms with E-state index >= 15 is 0 Å². The summed E-state index contributed by atoms with van der Waals surface area (Å²) in [5.41, 5.74) is 2.72. The van der Waals surface area contributed by atoms with E-state index in [0.717, 1.165) is 16.7 Å². The molecule has 2 nitrogen and oxygen atoms in total. The van der Waals surface area contributed by atoms with Crippen molar-refractivity contribution in [3.05, 3.63) is 39.4 Å². The van der Waals surface area contributed by atoms with E-state index in [2.05, 4.69) is 0 Å². The smallest absolute Gasteiger partial charge is 0.331 e. The fourth-order valence-electron chi connectivity index (χ4n) is 2.16. The van der Waals surface area contributed by atoms with Gasteiger partial charge in [-0.3, -0.25) is 4.39 Å². The molecule has 0 bridgehead atoms. The Morgan fingerprint density at radius 1 is 1.59 bits per heavy atom. The van der Waals surface area contributed by atoms with Crippen LogP contribution in [0.1, 0.15) is 16.7 Å². The van der Waals surface area contributed by atoms with Crippen molar-refractivity contribution in [1.29, 1.82) is 0 Å². The molecule has 4 heteroatoms. The molecule has 1 aliphatic rings. The lowest BCUT2D eigenvalue weighted by molar-refractivity contribution is -0.133. The summed E-state index contributed by atoms with van der Waals surface area (Å²) in [6, 6.07) is 3.69. The Morgan fingerprint density at radius 3 is 2.88 bits per heavy atom. The van der Waals surface area contributed by atoms with Crippen LogP contribution in [0.3, 0.4) is 0 Å². The average molecular weight is 255 g/mol. The Kier molecular flexibility index (Phi) is 3.20. The van der Waals surface area contributed by atoms with Crippen molar-refractivity contribution in [2.45, 2.75) is 13.3 Å². The summed E-state index contributed by atoms with van der Waals surface area (Å²) in [4.78, 5) is 11.0. The zero-order chi connectivity index (χ0) is 12.6. The highest BCUT2D eigenvalue weighted by Gasteiger charge is 2.27. The number of halogens is 2. The molecular formula is C13H12ClFO2. The second-order valence-electron chi connectivity index (χ2n) is 4.27. The maximum Gasteiger partial charge on any atom is 0.331 e. The van der Waals surface area contributed by atoms with Crippen molar-refractivity contribution >= 4 is 23.6 Å². The first kappa shape index (κ1) is 12.1. The van der Waals surface area contributed by atoms with E-state index < -0.39 is 18.6 Å². The van der Waals surface area contributed by atoms with Crippen LogP contribution in [0.25, 0.3) is 6.08 Å². The molecule has 0 aromatic heterocycles. The molecule has 1 unspecified atom stereocenters. The number of carbonyl (C=O) groups is 1. The van der Waals surface area contributed by atoms with Gasteiger partial charge in [-0.15, -0.1) is 0 Å². The molecule has 1 atom stereocenters. The molecule has 0 saturated carbocycles. The minimum absolute atomic E-state index is 0.127. The second-order valence-corrected chi connectivity index (χ2v) is 4.68. The van der Waals surface area contributed by atoms with Crippen molar-refractivity contribution in [2.24, 2.45) is 5.92 Å². The minimum atomic E-state index is -1.06. The van der Waals surface area contributed by atoms with E-state index in [9.17, 15) is 9.18 Å². The van der Waals surface area contributed by atoms with Gasteiger partial charge in [-0.1, -0.05) is 17.7 Å². The Morgan fingerprint density at radius 2 is 2.29 bits per heavy atom. The molecular weight excluding hydrogens is 243 g/mol. The Labute approximate surface area is 104 Å². The molecule has 1 aromatic carbocycles. The van der Waals surface area contributed by atoms with Gasteiger partial charge in [0.05, 0.1) is 6.67 Å². The second kappa shape index (κ2) is 4.49. The Balaban J connectivity index is 2.57. The molecule has 90 valence electrons. The number of hydrogen-bond donors (Lipinski definition) is 1. The highest BCUT2D eigenvalue weighted by molar-refractivity contribution is 6.31. The predicted molar refractivity (Wildman–Crippen MR) is 65.0 cm³/mol. The zero-order valence-corrected chi connectivity index (χ0v) is 10.1. The summed E-state index contributed by atoms with van der Waals surface area (Å²) in [5.74, 6) is -1.66. The van der Waals surface area contributed by atoms with Crippen LogP contribution in [0, 0.1) is 12.8 Å². The molecule has 0 amide bonds. The van der Waals surface area contributed by atoms with Crippen molar-refractivity contribution in [2.75, 3.05) is 6.67 Å². The van der Waals surface area contributed by atoms with E-state index in [1.807, 2.05) is 19.1 Å². The van der Waals surface area contributed by atoms with Gasteiger partial charge in [0.2, 0.25) is 0 Å². The third-order valence-corrected chi connectivity index (χ3v) is 3.35. The normalized spacial score (nSPS) is 18.5. The fourth-order valence-corrected chi connectivity index (χ4v) is 2.52. The lowest BCUT2D eigenvalue weighted by atomic mass is 9.83. The summed E-state index contributed by atoms with van der Waals surface area (Å²) in [5, 5.41) is 9.62. The van der Waals surface area contributed by atoms with Gasteiger partial charge in [0.15, 0.2) is 0 Å². The van der Waals surface area contributed by atoms with Crippen molar-refractivity contribution in [3.8, 4) is 0 Å². The highest BCUT2D eigenvalue weighted by Crippen LogP contribution is 2.34. The predicted octanol–water partition coefficient (Wildman–Crippen LogP) is 3.26. The van der Waals surface area contributed by atoms with Gasteiger partial charge in [-0.2, -0.15) is 0 Å². The number of benzene rings is 1. The molecule has 0 aliphatic heterocycles. The van der Waals surface area contributed by atoms with E-state index in [-0.39, 0.29) is 5.57 Å². The van der Waals surface area contributed by atoms with Gasteiger partial charge in [0, 0.05) is 16.5 Å². The molecule has 17 heavy (non-hydrogen) atoms. The SMILES string of the molecule is Cc1cc(Cl)c2c(c1)C=C(C(=O)O)C(CF)C2. The number of carboxylic acid groups (broad SMARTS) is 1. The van der Waals surface area contributed by atoms with Crippen LogP contribution in [-0.2, 0) is 11.2 Å². The molecule has 0 spiro atoms. The summed E-state index contributed by atoms with van der Waals surface area (Å²) >= 11 is 6.10. The molecule has 0 heterocycles. The third-order valence-electron chi connectivity index (χ3n) is 3.01. The number of rotatable bonds is 2. The standard InChI is InChI=1S/C13H12ClFO2/c1-7-2-8-4-11(13(16)17)9(6-15)5-10(8)12(14)3-7/h2-4,9H,5-6H2,1H3,(H,16,17). The average Bonchev–Trinajstić information content (AvgIpc) is 2.27. The van der Waals surface area contributed by atoms with E-state index in [0.29, 0.717) is 11.4 Å².